The maximum atomic E-state index is 13.1. The molecule has 1 amide bonds. The van der Waals surface area contributed by atoms with Gasteiger partial charge in [-0.2, -0.15) is 10.2 Å². The molecule has 2 aromatic carbocycles. The molecule has 4 aromatic rings. The van der Waals surface area contributed by atoms with Crippen LogP contribution in [0, 0.1) is 26.6 Å². The summed E-state index contributed by atoms with van der Waals surface area (Å²) in [5.41, 5.74) is 8.04. The van der Waals surface area contributed by atoms with Crippen molar-refractivity contribution in [1.29, 1.82) is 0 Å². The number of carbonyl (C=O) groups is 1. The van der Waals surface area contributed by atoms with Gasteiger partial charge in [0, 0.05) is 17.1 Å². The van der Waals surface area contributed by atoms with Crippen molar-refractivity contribution >= 4 is 23.7 Å². The Balaban J connectivity index is 1.49. The number of carbonyl (C=O) groups excluding carboxylic acids is 1. The molecule has 0 saturated carbocycles. The Morgan fingerprint density at radius 2 is 1.82 bits per heavy atom. The molecule has 0 aliphatic rings. The number of hydrogen-bond donors (Lipinski definition) is 1. The fourth-order valence-electron chi connectivity index (χ4n) is 3.76. The Labute approximate surface area is 196 Å². The van der Waals surface area contributed by atoms with Crippen LogP contribution < -0.4 is 5.43 Å². The van der Waals surface area contributed by atoms with Gasteiger partial charge in [-0.05, 0) is 56.7 Å². The Morgan fingerprint density at radius 3 is 2.52 bits per heavy atom. The summed E-state index contributed by atoms with van der Waals surface area (Å²) < 4.78 is 16.8. The summed E-state index contributed by atoms with van der Waals surface area (Å²) >= 11 is 6.48. The average molecular weight is 464 g/mol. The van der Waals surface area contributed by atoms with Crippen molar-refractivity contribution in [2.75, 3.05) is 0 Å². The Kier molecular flexibility index (Phi) is 6.42. The molecule has 0 atom stereocenters. The van der Waals surface area contributed by atoms with E-state index in [4.69, 9.17) is 11.6 Å². The highest BCUT2D eigenvalue weighted by molar-refractivity contribution is 6.32. The SMILES string of the molecule is Cc1nn(Cc2ccc(F)cc2)c(Cl)c1/C=N/NC(=O)c1cc(C)n(-c2ccccc2)c1C. The molecule has 2 heterocycles. The molecule has 0 unspecified atom stereocenters. The number of nitrogens with zero attached hydrogens (tertiary/aromatic N) is 4. The van der Waals surface area contributed by atoms with Gasteiger partial charge in [-0.1, -0.05) is 41.9 Å². The fraction of sp³-hybridized carbons (Fsp3) is 0.160. The first-order valence-electron chi connectivity index (χ1n) is 10.4. The summed E-state index contributed by atoms with van der Waals surface area (Å²) in [6.07, 6.45) is 1.49. The van der Waals surface area contributed by atoms with Gasteiger partial charge >= 0.3 is 0 Å². The lowest BCUT2D eigenvalue weighted by atomic mass is 10.2. The number of halogens is 2. The van der Waals surface area contributed by atoms with Crippen LogP contribution in [0.5, 0.6) is 0 Å². The zero-order valence-electron chi connectivity index (χ0n) is 18.5. The number of rotatable bonds is 6. The highest BCUT2D eigenvalue weighted by atomic mass is 35.5. The topological polar surface area (TPSA) is 64.2 Å². The molecule has 1 N–H and O–H groups in total. The molecule has 0 fully saturated rings. The molecule has 8 heteroatoms. The molecular formula is C25H23ClFN5O. The van der Waals surface area contributed by atoms with Crippen molar-refractivity contribution in [3.63, 3.8) is 0 Å². The Hall–Kier alpha value is -3.71. The van der Waals surface area contributed by atoms with E-state index in [-0.39, 0.29) is 11.7 Å². The van der Waals surface area contributed by atoms with E-state index >= 15 is 0 Å². The summed E-state index contributed by atoms with van der Waals surface area (Å²) in [4.78, 5) is 12.8. The summed E-state index contributed by atoms with van der Waals surface area (Å²) in [6.45, 7) is 6.06. The van der Waals surface area contributed by atoms with E-state index in [9.17, 15) is 9.18 Å². The maximum absolute atomic E-state index is 13.1. The molecule has 168 valence electrons. The minimum absolute atomic E-state index is 0.297. The van der Waals surface area contributed by atoms with Crippen molar-refractivity contribution in [1.82, 2.24) is 19.8 Å². The molecule has 6 nitrogen and oxygen atoms in total. The number of para-hydroxylation sites is 1. The third-order valence-electron chi connectivity index (χ3n) is 5.40. The van der Waals surface area contributed by atoms with Crippen LogP contribution in [-0.2, 0) is 6.54 Å². The number of aryl methyl sites for hydroxylation is 2. The molecule has 0 aliphatic carbocycles. The minimum Gasteiger partial charge on any atom is -0.318 e. The third kappa shape index (κ3) is 4.73. The number of benzene rings is 2. The third-order valence-corrected chi connectivity index (χ3v) is 5.80. The minimum atomic E-state index is -0.311. The molecule has 0 saturated heterocycles. The molecule has 2 aromatic heterocycles. The second kappa shape index (κ2) is 9.42. The van der Waals surface area contributed by atoms with Gasteiger partial charge in [0.15, 0.2) is 0 Å². The summed E-state index contributed by atoms with van der Waals surface area (Å²) in [7, 11) is 0. The van der Waals surface area contributed by atoms with Crippen LogP contribution in [0.1, 0.15) is 38.6 Å². The highest BCUT2D eigenvalue weighted by Gasteiger charge is 2.17. The largest absolute Gasteiger partial charge is 0.318 e. The first kappa shape index (κ1) is 22.5. The van der Waals surface area contributed by atoms with Crippen LogP contribution in [0.3, 0.4) is 0 Å². The molecule has 33 heavy (non-hydrogen) atoms. The molecule has 0 spiro atoms. The van der Waals surface area contributed by atoms with E-state index in [1.807, 2.05) is 61.7 Å². The molecule has 4 rings (SSSR count). The lowest BCUT2D eigenvalue weighted by molar-refractivity contribution is 0.0954. The van der Waals surface area contributed by atoms with Crippen LogP contribution in [0.25, 0.3) is 5.69 Å². The maximum Gasteiger partial charge on any atom is 0.273 e. The molecule has 0 aliphatic heterocycles. The predicted octanol–water partition coefficient (Wildman–Crippen LogP) is 5.20. The lowest BCUT2D eigenvalue weighted by Gasteiger charge is -2.09. The van der Waals surface area contributed by atoms with Crippen molar-refractivity contribution in [3.8, 4) is 5.69 Å². The van der Waals surface area contributed by atoms with Gasteiger partial charge in [0.2, 0.25) is 0 Å². The van der Waals surface area contributed by atoms with Gasteiger partial charge in [0.25, 0.3) is 5.91 Å². The van der Waals surface area contributed by atoms with E-state index in [2.05, 4.69) is 15.6 Å². The molecule has 0 bridgehead atoms. The van der Waals surface area contributed by atoms with Crippen LogP contribution in [0.2, 0.25) is 5.15 Å². The average Bonchev–Trinajstić information content (AvgIpc) is 3.25. The van der Waals surface area contributed by atoms with Crippen LogP contribution in [-0.4, -0.2) is 26.5 Å². The standard InChI is InChI=1S/C25H23ClFN5O/c1-16-13-22(18(3)32(16)21-7-5-4-6-8-21)25(33)29-28-14-23-17(2)30-31(24(23)26)15-19-9-11-20(27)12-10-19/h4-14H,15H2,1-3H3,(H,29,33)/b28-14+. The number of nitrogens with one attached hydrogen (secondary N) is 1. The van der Waals surface area contributed by atoms with E-state index in [0.717, 1.165) is 22.6 Å². The summed E-state index contributed by atoms with van der Waals surface area (Å²) in [6, 6.07) is 17.9. The van der Waals surface area contributed by atoms with Crippen LogP contribution in [0.15, 0.2) is 65.8 Å². The Morgan fingerprint density at radius 1 is 1.12 bits per heavy atom. The van der Waals surface area contributed by atoms with Crippen molar-refractivity contribution in [2.24, 2.45) is 5.10 Å². The second-order valence-electron chi connectivity index (χ2n) is 7.73. The first-order chi connectivity index (χ1) is 15.8. The second-order valence-corrected chi connectivity index (χ2v) is 8.09. The number of amides is 1. The van der Waals surface area contributed by atoms with Crippen molar-refractivity contribution in [3.05, 3.63) is 105 Å². The quantitative estimate of drug-likeness (QED) is 0.315. The monoisotopic (exact) mass is 463 g/mol. The normalized spacial score (nSPS) is 11.3. The van der Waals surface area contributed by atoms with Crippen LogP contribution >= 0.6 is 11.6 Å². The van der Waals surface area contributed by atoms with Gasteiger partial charge in [-0.3, -0.25) is 4.79 Å². The van der Waals surface area contributed by atoms with Crippen LogP contribution in [0.4, 0.5) is 4.39 Å². The van der Waals surface area contributed by atoms with E-state index in [1.54, 1.807) is 16.8 Å². The van der Waals surface area contributed by atoms with Gasteiger partial charge in [-0.25, -0.2) is 14.5 Å². The van der Waals surface area contributed by atoms with E-state index < -0.39 is 0 Å². The zero-order valence-corrected chi connectivity index (χ0v) is 19.3. The summed E-state index contributed by atoms with van der Waals surface area (Å²) in [5, 5.41) is 8.92. The number of hydrogen-bond acceptors (Lipinski definition) is 3. The molecular weight excluding hydrogens is 441 g/mol. The lowest BCUT2D eigenvalue weighted by Crippen LogP contribution is -2.18. The van der Waals surface area contributed by atoms with E-state index in [0.29, 0.717) is 28.5 Å². The molecule has 0 radical (unpaired) electrons. The highest BCUT2D eigenvalue weighted by Crippen LogP contribution is 2.21. The fourth-order valence-corrected chi connectivity index (χ4v) is 4.05. The van der Waals surface area contributed by atoms with Gasteiger partial charge in [-0.15, -0.1) is 0 Å². The van der Waals surface area contributed by atoms with Gasteiger partial charge in [0.1, 0.15) is 11.0 Å². The zero-order chi connectivity index (χ0) is 23.5. The Bertz CT molecular complexity index is 1320. The predicted molar refractivity (Wildman–Crippen MR) is 128 cm³/mol. The van der Waals surface area contributed by atoms with Gasteiger partial charge < -0.3 is 4.57 Å². The number of aromatic nitrogens is 3. The summed E-state index contributed by atoms with van der Waals surface area (Å²) in [5.74, 6) is -0.608. The first-order valence-corrected chi connectivity index (χ1v) is 10.8. The number of hydrazone groups is 1. The van der Waals surface area contributed by atoms with Crippen molar-refractivity contribution in [2.45, 2.75) is 27.3 Å². The van der Waals surface area contributed by atoms with Gasteiger partial charge in [0.05, 0.1) is 29.6 Å². The van der Waals surface area contributed by atoms with Crippen molar-refractivity contribution < 1.29 is 9.18 Å². The smallest absolute Gasteiger partial charge is 0.273 e. The van der Waals surface area contributed by atoms with E-state index in [1.165, 1.54) is 18.3 Å².